The Hall–Kier alpha value is -2.63. The molecule has 0 saturated carbocycles. The molecule has 18 heavy (non-hydrogen) atoms. The average Bonchev–Trinajstić information content (AvgIpc) is 2.31. The molecule has 0 aliphatic heterocycles. The van der Waals surface area contributed by atoms with Crippen LogP contribution in [0.5, 0.6) is 11.6 Å². The summed E-state index contributed by atoms with van der Waals surface area (Å²) < 4.78 is 5.37. The lowest BCUT2D eigenvalue weighted by Gasteiger charge is -2.06. The van der Waals surface area contributed by atoms with E-state index in [-0.39, 0.29) is 11.6 Å². The van der Waals surface area contributed by atoms with Crippen molar-refractivity contribution in [2.75, 3.05) is 5.73 Å². The van der Waals surface area contributed by atoms with E-state index in [4.69, 9.17) is 10.5 Å². The molecule has 6 heteroatoms. The number of anilines is 1. The van der Waals surface area contributed by atoms with Crippen LogP contribution in [0, 0.1) is 17.0 Å². The number of nitrogens with zero attached hydrogens (tertiary/aromatic N) is 2. The van der Waals surface area contributed by atoms with Crippen LogP contribution >= 0.6 is 0 Å². The minimum absolute atomic E-state index is 0.0452. The lowest BCUT2D eigenvalue weighted by molar-refractivity contribution is -0.386. The maximum atomic E-state index is 10.9. The first-order valence-corrected chi connectivity index (χ1v) is 5.20. The van der Waals surface area contributed by atoms with Crippen LogP contribution in [0.25, 0.3) is 0 Å². The standard InChI is InChI=1S/C12H11N3O3/c1-8-5-11(15(16)17)12(14-7-8)18-10-4-2-3-9(13)6-10/h2-7H,13H2,1H3. The number of benzene rings is 1. The Labute approximate surface area is 103 Å². The zero-order chi connectivity index (χ0) is 13.1. The highest BCUT2D eigenvalue weighted by atomic mass is 16.6. The topological polar surface area (TPSA) is 91.3 Å². The molecule has 92 valence electrons. The van der Waals surface area contributed by atoms with Crippen LogP contribution in [0.4, 0.5) is 11.4 Å². The molecule has 0 atom stereocenters. The third-order valence-electron chi connectivity index (χ3n) is 2.24. The van der Waals surface area contributed by atoms with Gasteiger partial charge in [0.2, 0.25) is 0 Å². The van der Waals surface area contributed by atoms with Crippen LogP contribution in [0.3, 0.4) is 0 Å². The molecule has 2 rings (SSSR count). The van der Waals surface area contributed by atoms with Crippen molar-refractivity contribution < 1.29 is 9.66 Å². The Morgan fingerprint density at radius 1 is 1.39 bits per heavy atom. The van der Waals surface area contributed by atoms with Crippen LogP contribution in [0.15, 0.2) is 36.5 Å². The van der Waals surface area contributed by atoms with Crippen LogP contribution in [-0.4, -0.2) is 9.91 Å². The van der Waals surface area contributed by atoms with Crippen molar-refractivity contribution in [1.82, 2.24) is 4.98 Å². The number of hydrogen-bond donors (Lipinski definition) is 1. The van der Waals surface area contributed by atoms with Crippen LogP contribution in [-0.2, 0) is 0 Å². The Kier molecular flexibility index (Phi) is 3.09. The van der Waals surface area contributed by atoms with Gasteiger partial charge in [0.15, 0.2) is 0 Å². The summed E-state index contributed by atoms with van der Waals surface area (Å²) in [5, 5.41) is 10.9. The van der Waals surface area contributed by atoms with E-state index in [1.165, 1.54) is 12.3 Å². The Morgan fingerprint density at radius 3 is 2.83 bits per heavy atom. The summed E-state index contributed by atoms with van der Waals surface area (Å²) in [4.78, 5) is 14.3. The highest BCUT2D eigenvalue weighted by Gasteiger charge is 2.17. The van der Waals surface area contributed by atoms with E-state index in [9.17, 15) is 10.1 Å². The molecule has 1 aromatic heterocycles. The second-order valence-corrected chi connectivity index (χ2v) is 3.77. The van der Waals surface area contributed by atoms with Crippen LogP contribution in [0.2, 0.25) is 0 Å². The molecule has 0 spiro atoms. The van der Waals surface area contributed by atoms with E-state index < -0.39 is 4.92 Å². The fourth-order valence-corrected chi connectivity index (χ4v) is 1.44. The predicted octanol–water partition coefficient (Wildman–Crippen LogP) is 2.67. The van der Waals surface area contributed by atoms with Gasteiger partial charge in [0.05, 0.1) is 4.92 Å². The minimum atomic E-state index is -0.526. The lowest BCUT2D eigenvalue weighted by Crippen LogP contribution is -1.97. The molecule has 0 aliphatic rings. The van der Waals surface area contributed by atoms with Crippen molar-refractivity contribution in [2.45, 2.75) is 6.92 Å². The maximum absolute atomic E-state index is 10.9. The molecule has 1 aromatic carbocycles. The summed E-state index contributed by atoms with van der Waals surface area (Å²) in [6.07, 6.45) is 1.51. The molecule has 0 amide bonds. The van der Waals surface area contributed by atoms with Gasteiger partial charge in [0.25, 0.3) is 5.88 Å². The number of nitrogen functional groups attached to an aromatic ring is 1. The van der Waals surface area contributed by atoms with Gasteiger partial charge in [-0.05, 0) is 24.6 Å². The second kappa shape index (κ2) is 4.70. The number of ether oxygens (including phenoxy) is 1. The van der Waals surface area contributed by atoms with Crippen molar-refractivity contribution in [3.8, 4) is 11.6 Å². The number of rotatable bonds is 3. The summed E-state index contributed by atoms with van der Waals surface area (Å²) in [6, 6.07) is 8.04. The largest absolute Gasteiger partial charge is 0.434 e. The number of nitro groups is 1. The van der Waals surface area contributed by atoms with Crippen molar-refractivity contribution in [3.63, 3.8) is 0 Å². The Balaban J connectivity index is 2.37. The van der Waals surface area contributed by atoms with E-state index in [2.05, 4.69) is 4.98 Å². The Bertz CT molecular complexity index is 599. The first-order valence-electron chi connectivity index (χ1n) is 5.20. The predicted molar refractivity (Wildman–Crippen MR) is 66.6 cm³/mol. The van der Waals surface area contributed by atoms with Gasteiger partial charge in [-0.1, -0.05) is 6.07 Å². The van der Waals surface area contributed by atoms with Gasteiger partial charge in [0.1, 0.15) is 5.75 Å². The van der Waals surface area contributed by atoms with E-state index in [0.29, 0.717) is 17.0 Å². The number of nitrogens with two attached hydrogens (primary N) is 1. The third kappa shape index (κ3) is 2.54. The molecule has 1 heterocycles. The van der Waals surface area contributed by atoms with Gasteiger partial charge >= 0.3 is 5.69 Å². The van der Waals surface area contributed by atoms with Gasteiger partial charge in [-0.25, -0.2) is 4.98 Å². The van der Waals surface area contributed by atoms with Gasteiger partial charge in [-0.15, -0.1) is 0 Å². The van der Waals surface area contributed by atoms with Crippen molar-refractivity contribution >= 4 is 11.4 Å². The van der Waals surface area contributed by atoms with Gasteiger partial charge in [0, 0.05) is 24.0 Å². The normalized spacial score (nSPS) is 10.1. The zero-order valence-corrected chi connectivity index (χ0v) is 9.66. The maximum Gasteiger partial charge on any atom is 0.331 e. The first kappa shape index (κ1) is 11.8. The molecule has 0 radical (unpaired) electrons. The first-order chi connectivity index (χ1) is 8.56. The molecule has 0 fully saturated rings. The molecule has 2 N–H and O–H groups in total. The summed E-state index contributed by atoms with van der Waals surface area (Å²) in [5.41, 5.74) is 6.64. The molecular weight excluding hydrogens is 234 g/mol. The number of aromatic nitrogens is 1. The van der Waals surface area contributed by atoms with E-state index in [1.54, 1.807) is 31.2 Å². The van der Waals surface area contributed by atoms with Crippen LogP contribution < -0.4 is 10.5 Å². The second-order valence-electron chi connectivity index (χ2n) is 3.77. The van der Waals surface area contributed by atoms with E-state index in [0.717, 1.165) is 0 Å². The number of pyridine rings is 1. The molecule has 0 aliphatic carbocycles. The monoisotopic (exact) mass is 245 g/mol. The quantitative estimate of drug-likeness (QED) is 0.510. The smallest absolute Gasteiger partial charge is 0.331 e. The van der Waals surface area contributed by atoms with E-state index >= 15 is 0 Å². The molecule has 0 unspecified atom stereocenters. The van der Waals surface area contributed by atoms with Gasteiger partial charge in [-0.2, -0.15) is 0 Å². The highest BCUT2D eigenvalue weighted by Crippen LogP contribution is 2.30. The Morgan fingerprint density at radius 2 is 2.17 bits per heavy atom. The molecule has 0 bridgehead atoms. The zero-order valence-electron chi connectivity index (χ0n) is 9.66. The van der Waals surface area contributed by atoms with Crippen molar-refractivity contribution in [2.24, 2.45) is 0 Å². The van der Waals surface area contributed by atoms with Gasteiger partial charge < -0.3 is 10.5 Å². The summed E-state index contributed by atoms with van der Waals surface area (Å²) in [6.45, 7) is 1.73. The van der Waals surface area contributed by atoms with E-state index in [1.807, 2.05) is 0 Å². The van der Waals surface area contributed by atoms with Crippen molar-refractivity contribution in [3.05, 3.63) is 52.2 Å². The highest BCUT2D eigenvalue weighted by molar-refractivity contribution is 5.48. The number of hydrogen-bond acceptors (Lipinski definition) is 5. The van der Waals surface area contributed by atoms with Crippen LogP contribution in [0.1, 0.15) is 5.56 Å². The SMILES string of the molecule is Cc1cnc(Oc2cccc(N)c2)c([N+](=O)[O-])c1. The summed E-state index contributed by atoms with van der Waals surface area (Å²) >= 11 is 0. The molecular formula is C12H11N3O3. The average molecular weight is 245 g/mol. The minimum Gasteiger partial charge on any atom is -0.434 e. The van der Waals surface area contributed by atoms with Gasteiger partial charge in [-0.3, -0.25) is 10.1 Å². The fraction of sp³-hybridized carbons (Fsp3) is 0.0833. The molecule has 2 aromatic rings. The number of aryl methyl sites for hydroxylation is 1. The lowest BCUT2D eigenvalue weighted by atomic mass is 10.3. The third-order valence-corrected chi connectivity index (χ3v) is 2.24. The van der Waals surface area contributed by atoms with Crippen molar-refractivity contribution in [1.29, 1.82) is 0 Å². The molecule has 6 nitrogen and oxygen atoms in total. The fourth-order valence-electron chi connectivity index (χ4n) is 1.44. The summed E-state index contributed by atoms with van der Waals surface area (Å²) in [5.74, 6) is 0.366. The summed E-state index contributed by atoms with van der Waals surface area (Å²) in [7, 11) is 0. The molecule has 0 saturated heterocycles.